The molecule has 1 saturated heterocycles. The number of carbonyl (C=O) groups excluding carboxylic acids is 1. The first-order chi connectivity index (χ1) is 15.9. The number of carbonyl (C=O) groups is 1. The van der Waals surface area contributed by atoms with E-state index in [2.05, 4.69) is 21.9 Å². The molecule has 4 rings (SSSR count). The molecular weight excluding hydrogens is 450 g/mol. The van der Waals surface area contributed by atoms with Gasteiger partial charge in [-0.25, -0.2) is 13.8 Å². The van der Waals surface area contributed by atoms with Crippen LogP contribution < -0.4 is 5.32 Å². The van der Waals surface area contributed by atoms with E-state index in [1.54, 1.807) is 11.0 Å². The van der Waals surface area contributed by atoms with Crippen LogP contribution in [0.3, 0.4) is 0 Å². The standard InChI is InChI=1S/C22H22F2N6O2S/c1-3-32-11-14-4-5-29(14)22(31)18-7-17(28-12-33-2)15(8-26-18)20(25)19-9-27-21-16(24)6-13(23)10-30(19)21/h3,6-10,14,25H,1,4-5,11-12H2,2H3,(H,26,28). The van der Waals surface area contributed by atoms with Crippen LogP contribution in [0, 0.1) is 17.0 Å². The van der Waals surface area contributed by atoms with Crippen molar-refractivity contribution in [1.29, 1.82) is 5.41 Å². The molecule has 1 fully saturated rings. The van der Waals surface area contributed by atoms with Crippen molar-refractivity contribution in [2.45, 2.75) is 12.5 Å². The Bertz CT molecular complexity index is 1230. The molecule has 0 radical (unpaired) electrons. The minimum Gasteiger partial charge on any atom is -0.500 e. The van der Waals surface area contributed by atoms with Crippen molar-refractivity contribution in [3.63, 3.8) is 0 Å². The van der Waals surface area contributed by atoms with Crippen LogP contribution in [0.5, 0.6) is 0 Å². The lowest BCUT2D eigenvalue weighted by Crippen LogP contribution is -2.53. The maximum absolute atomic E-state index is 14.1. The summed E-state index contributed by atoms with van der Waals surface area (Å²) in [6.45, 7) is 4.50. The quantitative estimate of drug-likeness (QED) is 0.281. The molecule has 1 aliphatic rings. The number of rotatable bonds is 9. The fourth-order valence-corrected chi connectivity index (χ4v) is 3.91. The lowest BCUT2D eigenvalue weighted by Gasteiger charge is -2.40. The van der Waals surface area contributed by atoms with Gasteiger partial charge in [0, 0.05) is 36.3 Å². The molecule has 1 aliphatic heterocycles. The van der Waals surface area contributed by atoms with Gasteiger partial charge in [0.2, 0.25) is 0 Å². The van der Waals surface area contributed by atoms with Gasteiger partial charge in [0.1, 0.15) is 18.1 Å². The third kappa shape index (κ3) is 4.40. The van der Waals surface area contributed by atoms with Crippen LogP contribution in [0.4, 0.5) is 14.5 Å². The van der Waals surface area contributed by atoms with Gasteiger partial charge in [0.25, 0.3) is 5.91 Å². The van der Waals surface area contributed by atoms with Gasteiger partial charge in [-0.15, -0.1) is 11.8 Å². The number of fused-ring (bicyclic) bond motifs is 1. The summed E-state index contributed by atoms with van der Waals surface area (Å²) in [4.78, 5) is 22.9. The van der Waals surface area contributed by atoms with E-state index in [1.165, 1.54) is 34.8 Å². The van der Waals surface area contributed by atoms with Crippen LogP contribution in [-0.4, -0.2) is 62.2 Å². The number of likely N-dealkylation sites (tertiary alicyclic amines) is 1. The minimum absolute atomic E-state index is 0.0381. The van der Waals surface area contributed by atoms with E-state index in [9.17, 15) is 13.6 Å². The lowest BCUT2D eigenvalue weighted by atomic mass is 10.0. The Balaban J connectivity index is 1.67. The summed E-state index contributed by atoms with van der Waals surface area (Å²) in [5.41, 5.74) is 1.19. The van der Waals surface area contributed by atoms with Crippen LogP contribution in [0.15, 0.2) is 43.6 Å². The molecule has 0 aliphatic carbocycles. The molecule has 2 N–H and O–H groups in total. The number of thioether (sulfide) groups is 1. The number of nitrogens with zero attached hydrogens (tertiary/aromatic N) is 4. The van der Waals surface area contributed by atoms with Gasteiger partial charge in [-0.05, 0) is 18.7 Å². The molecule has 1 amide bonds. The van der Waals surface area contributed by atoms with Gasteiger partial charge in [-0.3, -0.25) is 19.6 Å². The number of hydrogen-bond donors (Lipinski definition) is 2. The van der Waals surface area contributed by atoms with Gasteiger partial charge in [0.05, 0.1) is 35.8 Å². The molecule has 3 aromatic rings. The van der Waals surface area contributed by atoms with Crippen LogP contribution in [0.1, 0.15) is 28.2 Å². The Hall–Kier alpha value is -3.47. The molecule has 4 heterocycles. The van der Waals surface area contributed by atoms with Crippen LogP contribution in [0.2, 0.25) is 0 Å². The second-order valence-electron chi connectivity index (χ2n) is 7.38. The maximum Gasteiger partial charge on any atom is 0.272 e. The van der Waals surface area contributed by atoms with E-state index in [0.29, 0.717) is 30.3 Å². The molecule has 0 saturated carbocycles. The van der Waals surface area contributed by atoms with E-state index in [-0.39, 0.29) is 34.7 Å². The third-order valence-electron chi connectivity index (χ3n) is 5.39. The smallest absolute Gasteiger partial charge is 0.272 e. The first-order valence-corrected chi connectivity index (χ1v) is 11.5. The number of amides is 1. The van der Waals surface area contributed by atoms with Gasteiger partial charge in [-0.1, -0.05) is 6.58 Å². The number of hydrogen-bond acceptors (Lipinski definition) is 7. The zero-order chi connectivity index (χ0) is 23.5. The Morgan fingerprint density at radius 2 is 2.21 bits per heavy atom. The summed E-state index contributed by atoms with van der Waals surface area (Å²) in [6, 6.07) is 2.30. The zero-order valence-corrected chi connectivity index (χ0v) is 18.7. The molecule has 3 aromatic heterocycles. The topological polar surface area (TPSA) is 95.6 Å². The average Bonchev–Trinajstić information content (AvgIpc) is 3.20. The van der Waals surface area contributed by atoms with E-state index >= 15 is 0 Å². The molecule has 0 bridgehead atoms. The summed E-state index contributed by atoms with van der Waals surface area (Å²) in [7, 11) is 0. The second-order valence-corrected chi connectivity index (χ2v) is 8.25. The molecule has 172 valence electrons. The Kier molecular flexibility index (Phi) is 6.59. The van der Waals surface area contributed by atoms with Crippen LogP contribution in [-0.2, 0) is 4.74 Å². The fraction of sp³-hybridized carbons (Fsp3) is 0.273. The maximum atomic E-state index is 14.1. The number of aromatic nitrogens is 3. The summed E-state index contributed by atoms with van der Waals surface area (Å²) in [5.74, 6) is -1.31. The number of nitrogens with one attached hydrogen (secondary N) is 2. The van der Waals surface area contributed by atoms with Crippen LogP contribution in [0.25, 0.3) is 5.65 Å². The molecule has 1 atom stereocenters. The summed E-state index contributed by atoms with van der Waals surface area (Å²) < 4.78 is 34.3. The van der Waals surface area contributed by atoms with Crippen molar-refractivity contribution in [3.05, 3.63) is 72.2 Å². The van der Waals surface area contributed by atoms with E-state index < -0.39 is 11.6 Å². The van der Waals surface area contributed by atoms with Gasteiger partial charge in [0.15, 0.2) is 11.5 Å². The molecule has 0 spiro atoms. The van der Waals surface area contributed by atoms with Crippen LogP contribution >= 0.6 is 11.8 Å². The van der Waals surface area contributed by atoms with Crippen molar-refractivity contribution in [2.75, 3.05) is 30.6 Å². The largest absolute Gasteiger partial charge is 0.500 e. The van der Waals surface area contributed by atoms with Gasteiger partial charge >= 0.3 is 0 Å². The number of pyridine rings is 2. The Morgan fingerprint density at radius 1 is 1.39 bits per heavy atom. The summed E-state index contributed by atoms with van der Waals surface area (Å²) >= 11 is 1.53. The van der Waals surface area contributed by atoms with E-state index in [1.807, 2.05) is 6.26 Å². The van der Waals surface area contributed by atoms with Crippen molar-refractivity contribution < 1.29 is 18.3 Å². The molecular formula is C22H22F2N6O2S. The average molecular weight is 473 g/mol. The zero-order valence-electron chi connectivity index (χ0n) is 17.8. The number of imidazole rings is 1. The highest BCUT2D eigenvalue weighted by atomic mass is 32.2. The van der Waals surface area contributed by atoms with Crippen molar-refractivity contribution >= 4 is 34.7 Å². The van der Waals surface area contributed by atoms with Crippen molar-refractivity contribution in [2.24, 2.45) is 0 Å². The fourth-order valence-electron chi connectivity index (χ4n) is 3.61. The Labute approximate surface area is 193 Å². The monoisotopic (exact) mass is 472 g/mol. The minimum atomic E-state index is -0.821. The predicted octanol–water partition coefficient (Wildman–Crippen LogP) is 3.53. The highest BCUT2D eigenvalue weighted by Gasteiger charge is 2.34. The SMILES string of the molecule is C=COCC1CCN1C(=O)c1cc(NCSC)c(C(=N)c2cnc3c(F)cc(F)cn23)cn1. The molecule has 11 heteroatoms. The number of anilines is 1. The Morgan fingerprint density at radius 3 is 2.91 bits per heavy atom. The highest BCUT2D eigenvalue weighted by molar-refractivity contribution is 7.98. The first kappa shape index (κ1) is 22.7. The van der Waals surface area contributed by atoms with Crippen molar-refractivity contribution in [1.82, 2.24) is 19.3 Å². The lowest BCUT2D eigenvalue weighted by molar-refractivity contribution is 0.0263. The molecule has 0 aromatic carbocycles. The van der Waals surface area contributed by atoms with E-state index in [4.69, 9.17) is 10.1 Å². The third-order valence-corrected chi connectivity index (χ3v) is 5.83. The number of halogens is 2. The van der Waals surface area contributed by atoms with Crippen molar-refractivity contribution in [3.8, 4) is 0 Å². The molecule has 8 nitrogen and oxygen atoms in total. The van der Waals surface area contributed by atoms with Gasteiger partial charge in [-0.2, -0.15) is 0 Å². The predicted molar refractivity (Wildman–Crippen MR) is 123 cm³/mol. The normalized spacial score (nSPS) is 15.2. The number of ether oxygens (including phenoxy) is 1. The first-order valence-electron chi connectivity index (χ1n) is 10.1. The highest BCUT2D eigenvalue weighted by Crippen LogP contribution is 2.25. The second kappa shape index (κ2) is 9.57. The van der Waals surface area contributed by atoms with Gasteiger partial charge < -0.3 is 15.0 Å². The molecule has 33 heavy (non-hydrogen) atoms. The van der Waals surface area contributed by atoms with E-state index in [0.717, 1.165) is 18.7 Å². The summed E-state index contributed by atoms with van der Waals surface area (Å²) in [6.07, 6.45) is 7.89. The summed E-state index contributed by atoms with van der Waals surface area (Å²) in [5, 5.41) is 11.9. The molecule has 1 unspecified atom stereocenters.